The van der Waals surface area contributed by atoms with E-state index >= 15 is 0 Å². The van der Waals surface area contributed by atoms with Crippen molar-refractivity contribution in [2.75, 3.05) is 11.9 Å². The van der Waals surface area contributed by atoms with Gasteiger partial charge in [-0.25, -0.2) is 0 Å². The van der Waals surface area contributed by atoms with Gasteiger partial charge in [0.05, 0.1) is 6.61 Å². The molecule has 2 aromatic rings. The zero-order valence-corrected chi connectivity index (χ0v) is 15.0. The Morgan fingerprint density at radius 2 is 1.83 bits per heavy atom. The number of nitrogens with one attached hydrogen (secondary N) is 2. The molecule has 0 atom stereocenters. The number of benzene rings is 2. The van der Waals surface area contributed by atoms with Gasteiger partial charge < -0.3 is 10.1 Å². The molecule has 0 saturated heterocycles. The van der Waals surface area contributed by atoms with Gasteiger partial charge in [0, 0.05) is 11.3 Å². The average molecular weight is 342 g/mol. The maximum Gasteiger partial charge on any atom is 0.257 e. The van der Waals surface area contributed by atoms with Gasteiger partial charge in [0.25, 0.3) is 5.91 Å². The number of carbonyl (C=O) groups excluding carboxylic acids is 1. The molecule has 2 rings (SSSR count). The van der Waals surface area contributed by atoms with E-state index in [0.717, 1.165) is 29.0 Å². The summed E-state index contributed by atoms with van der Waals surface area (Å²) in [6.07, 6.45) is 0.945. The summed E-state index contributed by atoms with van der Waals surface area (Å²) >= 11 is 5.23. The zero-order chi connectivity index (χ0) is 17.5. The molecule has 5 heteroatoms. The molecule has 4 nitrogen and oxygen atoms in total. The Bertz CT molecular complexity index is 727. The summed E-state index contributed by atoms with van der Waals surface area (Å²) in [6.45, 7) is 6.75. The summed E-state index contributed by atoms with van der Waals surface area (Å²) < 4.78 is 5.50. The fraction of sp³-hybridized carbons (Fsp3) is 0.263. The van der Waals surface area contributed by atoms with Crippen LogP contribution in [0.15, 0.2) is 42.5 Å². The average Bonchev–Trinajstić information content (AvgIpc) is 2.57. The van der Waals surface area contributed by atoms with Crippen LogP contribution in [0.25, 0.3) is 0 Å². The number of ether oxygens (including phenoxy) is 1. The summed E-state index contributed by atoms with van der Waals surface area (Å²) in [5.74, 6) is 0.504. The second-order valence-electron chi connectivity index (χ2n) is 5.53. The summed E-state index contributed by atoms with van der Waals surface area (Å²) in [7, 11) is 0. The normalized spacial score (nSPS) is 10.1. The lowest BCUT2D eigenvalue weighted by molar-refractivity contribution is 0.0977. The molecule has 0 radical (unpaired) electrons. The molecule has 0 heterocycles. The van der Waals surface area contributed by atoms with Crippen molar-refractivity contribution in [3.63, 3.8) is 0 Å². The van der Waals surface area contributed by atoms with Gasteiger partial charge in [0.2, 0.25) is 0 Å². The third kappa shape index (κ3) is 4.80. The van der Waals surface area contributed by atoms with Gasteiger partial charge in [-0.15, -0.1) is 0 Å². The summed E-state index contributed by atoms with van der Waals surface area (Å²) in [6, 6.07) is 12.9. The smallest absolute Gasteiger partial charge is 0.257 e. The highest BCUT2D eigenvalue weighted by molar-refractivity contribution is 7.80. The number of aryl methyl sites for hydroxylation is 1. The molecular formula is C19H22N2O2S. The monoisotopic (exact) mass is 342 g/mol. The SMILES string of the molecule is CCCOc1ccc(C(=O)NC(=S)Nc2cccc(C)c2C)cc1. The first-order valence-corrected chi connectivity index (χ1v) is 8.33. The fourth-order valence-corrected chi connectivity index (χ4v) is 2.34. The predicted octanol–water partition coefficient (Wildman–Crippen LogP) is 4.22. The number of hydrogen-bond acceptors (Lipinski definition) is 3. The third-order valence-electron chi connectivity index (χ3n) is 3.67. The van der Waals surface area contributed by atoms with Crippen LogP contribution in [0.4, 0.5) is 5.69 Å². The minimum atomic E-state index is -0.250. The first-order valence-electron chi connectivity index (χ1n) is 7.92. The van der Waals surface area contributed by atoms with Crippen LogP contribution in [0.5, 0.6) is 5.75 Å². The number of carbonyl (C=O) groups is 1. The topological polar surface area (TPSA) is 50.4 Å². The van der Waals surface area contributed by atoms with Crippen molar-refractivity contribution < 1.29 is 9.53 Å². The van der Waals surface area contributed by atoms with Gasteiger partial charge in [-0.2, -0.15) is 0 Å². The molecule has 0 unspecified atom stereocenters. The van der Waals surface area contributed by atoms with Crippen LogP contribution in [-0.4, -0.2) is 17.6 Å². The highest BCUT2D eigenvalue weighted by atomic mass is 32.1. The highest BCUT2D eigenvalue weighted by Crippen LogP contribution is 2.18. The van der Waals surface area contributed by atoms with Gasteiger partial charge in [0.15, 0.2) is 5.11 Å². The van der Waals surface area contributed by atoms with E-state index in [0.29, 0.717) is 12.2 Å². The lowest BCUT2D eigenvalue weighted by Gasteiger charge is -2.13. The summed E-state index contributed by atoms with van der Waals surface area (Å²) in [5.41, 5.74) is 3.69. The van der Waals surface area contributed by atoms with Gasteiger partial charge in [-0.05, 0) is 73.9 Å². The first kappa shape index (κ1) is 17.9. The summed E-state index contributed by atoms with van der Waals surface area (Å²) in [5, 5.41) is 6.04. The standard InChI is InChI=1S/C19H22N2O2S/c1-4-12-23-16-10-8-15(9-11-16)18(22)21-19(24)20-17-7-5-6-13(2)14(17)3/h5-11H,4,12H2,1-3H3,(H2,20,21,22,24). The van der Waals surface area contributed by atoms with Crippen LogP contribution in [-0.2, 0) is 0 Å². The highest BCUT2D eigenvalue weighted by Gasteiger charge is 2.09. The van der Waals surface area contributed by atoms with Gasteiger partial charge in [-0.1, -0.05) is 19.1 Å². The number of anilines is 1. The molecule has 2 aromatic carbocycles. The van der Waals surface area contributed by atoms with Crippen molar-refractivity contribution in [1.29, 1.82) is 0 Å². The molecular weight excluding hydrogens is 320 g/mol. The van der Waals surface area contributed by atoms with Crippen LogP contribution in [0.1, 0.15) is 34.8 Å². The van der Waals surface area contributed by atoms with Crippen LogP contribution in [0.2, 0.25) is 0 Å². The number of hydrogen-bond donors (Lipinski definition) is 2. The van der Waals surface area contributed by atoms with Crippen molar-refractivity contribution in [3.05, 3.63) is 59.2 Å². The third-order valence-corrected chi connectivity index (χ3v) is 3.87. The molecule has 0 aliphatic heterocycles. The molecule has 126 valence electrons. The van der Waals surface area contributed by atoms with Crippen molar-refractivity contribution >= 4 is 28.9 Å². The zero-order valence-electron chi connectivity index (χ0n) is 14.2. The van der Waals surface area contributed by atoms with E-state index < -0.39 is 0 Å². The molecule has 0 bridgehead atoms. The lowest BCUT2D eigenvalue weighted by atomic mass is 10.1. The van der Waals surface area contributed by atoms with E-state index in [1.165, 1.54) is 0 Å². The maximum absolute atomic E-state index is 12.2. The Hall–Kier alpha value is -2.40. The minimum Gasteiger partial charge on any atom is -0.494 e. The van der Waals surface area contributed by atoms with Crippen LogP contribution in [0.3, 0.4) is 0 Å². The fourth-order valence-electron chi connectivity index (χ4n) is 2.14. The van der Waals surface area contributed by atoms with Crippen molar-refractivity contribution in [2.24, 2.45) is 0 Å². The Kier molecular flexibility index (Phi) is 6.32. The Morgan fingerprint density at radius 1 is 1.12 bits per heavy atom. The second kappa shape index (κ2) is 8.45. The quantitative estimate of drug-likeness (QED) is 0.799. The summed E-state index contributed by atoms with van der Waals surface area (Å²) in [4.78, 5) is 12.2. The maximum atomic E-state index is 12.2. The molecule has 0 saturated carbocycles. The van der Waals surface area contributed by atoms with E-state index in [9.17, 15) is 4.79 Å². The van der Waals surface area contributed by atoms with E-state index in [-0.39, 0.29) is 11.0 Å². The molecule has 0 fully saturated rings. The lowest BCUT2D eigenvalue weighted by Crippen LogP contribution is -2.34. The van der Waals surface area contributed by atoms with Gasteiger partial charge >= 0.3 is 0 Å². The first-order chi connectivity index (χ1) is 11.5. The molecule has 2 N–H and O–H groups in total. The van der Waals surface area contributed by atoms with E-state index in [4.69, 9.17) is 17.0 Å². The van der Waals surface area contributed by atoms with E-state index in [1.54, 1.807) is 24.3 Å². The van der Waals surface area contributed by atoms with E-state index in [1.807, 2.05) is 39.0 Å². The molecule has 1 amide bonds. The van der Waals surface area contributed by atoms with Crippen LogP contribution in [0, 0.1) is 13.8 Å². The number of rotatable bonds is 5. The van der Waals surface area contributed by atoms with Crippen LogP contribution < -0.4 is 15.4 Å². The molecule has 0 aliphatic rings. The largest absolute Gasteiger partial charge is 0.494 e. The number of thiocarbonyl (C=S) groups is 1. The van der Waals surface area contributed by atoms with Crippen molar-refractivity contribution in [2.45, 2.75) is 27.2 Å². The molecule has 0 spiro atoms. The van der Waals surface area contributed by atoms with Crippen molar-refractivity contribution in [3.8, 4) is 5.75 Å². The van der Waals surface area contributed by atoms with E-state index in [2.05, 4.69) is 10.6 Å². The molecule has 0 aromatic heterocycles. The molecule has 0 aliphatic carbocycles. The Balaban J connectivity index is 1.96. The Labute approximate surface area is 148 Å². The van der Waals surface area contributed by atoms with Gasteiger partial charge in [-0.3, -0.25) is 10.1 Å². The number of amides is 1. The van der Waals surface area contributed by atoms with Crippen molar-refractivity contribution in [1.82, 2.24) is 5.32 Å². The minimum absolute atomic E-state index is 0.250. The second-order valence-corrected chi connectivity index (χ2v) is 5.94. The van der Waals surface area contributed by atoms with Crippen LogP contribution >= 0.6 is 12.2 Å². The molecule has 24 heavy (non-hydrogen) atoms. The Morgan fingerprint density at radius 3 is 2.50 bits per heavy atom. The predicted molar refractivity (Wildman–Crippen MR) is 102 cm³/mol. The van der Waals surface area contributed by atoms with Gasteiger partial charge in [0.1, 0.15) is 5.75 Å².